The summed E-state index contributed by atoms with van der Waals surface area (Å²) in [5.41, 5.74) is 1.82. The number of benzene rings is 1. The van der Waals surface area contributed by atoms with Crippen molar-refractivity contribution < 1.29 is 39.6 Å². The Labute approximate surface area is 225 Å². The molecule has 198 valence electrons. The first-order chi connectivity index (χ1) is 17.3. The number of aliphatic hydroxyl groups is 3. The van der Waals surface area contributed by atoms with Crippen LogP contribution in [0.25, 0.3) is 5.76 Å². The Morgan fingerprint density at radius 3 is 2.49 bits per heavy atom. The lowest BCUT2D eigenvalue weighted by Crippen LogP contribution is -2.65. The number of nitrogens with zero attached hydrogens (tertiary/aromatic N) is 1. The summed E-state index contributed by atoms with van der Waals surface area (Å²) in [6.45, 7) is 0. The van der Waals surface area contributed by atoms with Crippen molar-refractivity contribution in [3.05, 3.63) is 40.2 Å². The van der Waals surface area contributed by atoms with Crippen molar-refractivity contribution in [1.82, 2.24) is 4.90 Å². The van der Waals surface area contributed by atoms with Gasteiger partial charge in [-0.05, 0) is 44.5 Å². The Morgan fingerprint density at radius 2 is 1.92 bits per heavy atom. The fourth-order valence-corrected chi connectivity index (χ4v) is 5.89. The Morgan fingerprint density at radius 1 is 1.27 bits per heavy atom. The van der Waals surface area contributed by atoms with E-state index in [4.69, 9.17) is 5.73 Å². The van der Waals surface area contributed by atoms with Gasteiger partial charge in [-0.1, -0.05) is 22.0 Å². The Hall–Kier alpha value is -2.87. The molecule has 0 aliphatic heterocycles. The highest BCUT2D eigenvalue weighted by Gasteiger charge is 2.64. The maximum absolute atomic E-state index is 13.8. The van der Waals surface area contributed by atoms with Gasteiger partial charge in [0.2, 0.25) is 11.7 Å². The standard InChI is InChI=1S/C24H26BrN3O8S/c1-28(2)16-10-6-9-5-8-3-4-12(27-23(35)11(25)7-37)17(29)13(8)18(30)14(9)20(32)24(10,36)21(33)15(19(16)31)22(26)34/h3-4,9-11,16,29-30,33,36-37H,5-7H2,1-2H3,(H2,26,34)(H,27,35)/t9?,10?,11?,16-,24?/m0/s1. The summed E-state index contributed by atoms with van der Waals surface area (Å²) in [4.78, 5) is 51.9. The van der Waals surface area contributed by atoms with Crippen LogP contribution in [0.5, 0.6) is 5.75 Å². The highest BCUT2D eigenvalue weighted by molar-refractivity contribution is 9.10. The number of ketones is 2. The summed E-state index contributed by atoms with van der Waals surface area (Å²) >= 11 is 7.19. The molecule has 0 heterocycles. The summed E-state index contributed by atoms with van der Waals surface area (Å²) in [5.74, 6) is -7.60. The number of rotatable bonds is 5. The molecule has 1 saturated carbocycles. The van der Waals surface area contributed by atoms with E-state index in [-0.39, 0.29) is 35.4 Å². The molecule has 13 heteroatoms. The molecule has 0 spiro atoms. The number of alkyl halides is 1. The van der Waals surface area contributed by atoms with Crippen molar-refractivity contribution in [1.29, 1.82) is 0 Å². The van der Waals surface area contributed by atoms with Gasteiger partial charge in [-0.15, -0.1) is 0 Å². The minimum absolute atomic E-state index is 0.00176. The average molecular weight is 596 g/mol. The number of aliphatic hydroxyl groups excluding tert-OH is 2. The van der Waals surface area contributed by atoms with E-state index in [1.807, 2.05) is 0 Å². The minimum atomic E-state index is -2.71. The van der Waals surface area contributed by atoms with E-state index in [0.717, 1.165) is 0 Å². The number of amides is 2. The normalized spacial score (nSPS) is 28.0. The molecule has 4 unspecified atom stereocenters. The van der Waals surface area contributed by atoms with Gasteiger partial charge in [-0.2, -0.15) is 12.6 Å². The number of Topliss-reactive ketones (excluding diaryl/α,β-unsaturated/α-hetero) is 2. The highest BCUT2D eigenvalue weighted by Crippen LogP contribution is 2.53. The molecule has 2 amide bonds. The van der Waals surface area contributed by atoms with Gasteiger partial charge in [-0.25, -0.2) is 0 Å². The third-order valence-corrected chi connectivity index (χ3v) is 8.90. The number of phenolic OH excluding ortho intramolecular Hbond substituents is 1. The lowest BCUT2D eigenvalue weighted by Gasteiger charge is -2.50. The topological polar surface area (TPSA) is 190 Å². The van der Waals surface area contributed by atoms with Crippen molar-refractivity contribution in [2.45, 2.75) is 29.3 Å². The lowest BCUT2D eigenvalue weighted by atomic mass is 9.57. The van der Waals surface area contributed by atoms with Crippen LogP contribution in [-0.4, -0.2) is 85.0 Å². The number of fused-ring (bicyclic) bond motifs is 3. The third kappa shape index (κ3) is 3.95. The molecule has 11 nitrogen and oxygen atoms in total. The lowest BCUT2D eigenvalue weighted by molar-refractivity contribution is -0.153. The number of aromatic hydroxyl groups is 1. The maximum atomic E-state index is 13.8. The largest absolute Gasteiger partial charge is 0.508 e. The summed E-state index contributed by atoms with van der Waals surface area (Å²) < 4.78 is 0. The monoisotopic (exact) mass is 595 g/mol. The highest BCUT2D eigenvalue weighted by atomic mass is 79.9. The number of halogens is 1. The van der Waals surface area contributed by atoms with E-state index in [0.29, 0.717) is 5.56 Å². The van der Waals surface area contributed by atoms with Crippen LogP contribution in [0, 0.1) is 11.8 Å². The molecule has 5 atom stereocenters. The van der Waals surface area contributed by atoms with Crippen LogP contribution >= 0.6 is 28.6 Å². The van der Waals surface area contributed by atoms with E-state index in [1.165, 1.54) is 25.1 Å². The Bertz CT molecular complexity index is 1310. The first-order valence-corrected chi connectivity index (χ1v) is 12.9. The molecule has 0 saturated heterocycles. The van der Waals surface area contributed by atoms with Crippen LogP contribution in [0.3, 0.4) is 0 Å². The van der Waals surface area contributed by atoms with E-state index in [1.54, 1.807) is 6.07 Å². The molecular weight excluding hydrogens is 570 g/mol. The number of thiol groups is 1. The van der Waals surface area contributed by atoms with Crippen LogP contribution in [0.1, 0.15) is 17.5 Å². The smallest absolute Gasteiger partial charge is 0.255 e. The van der Waals surface area contributed by atoms with Gasteiger partial charge in [-0.3, -0.25) is 24.1 Å². The number of carbonyl (C=O) groups excluding carboxylic acids is 4. The van der Waals surface area contributed by atoms with Gasteiger partial charge in [0.1, 0.15) is 27.7 Å². The van der Waals surface area contributed by atoms with Crippen LogP contribution in [0.2, 0.25) is 0 Å². The molecule has 0 radical (unpaired) electrons. The van der Waals surface area contributed by atoms with Crippen LogP contribution in [0.4, 0.5) is 5.69 Å². The number of nitrogens with two attached hydrogens (primary N) is 1. The van der Waals surface area contributed by atoms with Crippen molar-refractivity contribution in [2.24, 2.45) is 17.6 Å². The van der Waals surface area contributed by atoms with Crippen LogP contribution in [-0.2, 0) is 25.6 Å². The Balaban J connectivity index is 1.87. The van der Waals surface area contributed by atoms with E-state index < -0.39 is 74.5 Å². The second-order valence-corrected chi connectivity index (χ2v) is 11.1. The number of likely N-dealkylation sites (N-methyl/N-ethyl adjacent to an activating group) is 1. The summed E-state index contributed by atoms with van der Waals surface area (Å²) in [7, 11) is 3.07. The molecule has 7 N–H and O–H groups in total. The van der Waals surface area contributed by atoms with Crippen molar-refractivity contribution in [2.75, 3.05) is 25.2 Å². The summed E-state index contributed by atoms with van der Waals surface area (Å²) in [6.07, 6.45) is 0.159. The molecule has 37 heavy (non-hydrogen) atoms. The second kappa shape index (κ2) is 9.46. The molecule has 1 fully saturated rings. The van der Waals surface area contributed by atoms with Gasteiger partial charge in [0.15, 0.2) is 11.4 Å². The fourth-order valence-electron chi connectivity index (χ4n) is 5.61. The van der Waals surface area contributed by atoms with Gasteiger partial charge in [0.25, 0.3) is 5.91 Å². The third-order valence-electron chi connectivity index (χ3n) is 7.30. The van der Waals surface area contributed by atoms with Crippen molar-refractivity contribution >= 4 is 63.4 Å². The maximum Gasteiger partial charge on any atom is 0.255 e. The van der Waals surface area contributed by atoms with Gasteiger partial charge in [0, 0.05) is 17.2 Å². The van der Waals surface area contributed by atoms with Gasteiger partial charge < -0.3 is 31.5 Å². The zero-order valence-electron chi connectivity index (χ0n) is 19.9. The zero-order chi connectivity index (χ0) is 27.6. The predicted molar refractivity (Wildman–Crippen MR) is 139 cm³/mol. The molecular formula is C24H26BrN3O8S. The van der Waals surface area contributed by atoms with Crippen LogP contribution in [0.15, 0.2) is 29.0 Å². The number of nitrogens with one attached hydrogen (secondary N) is 1. The fraction of sp³-hybridized carbons (Fsp3) is 0.417. The predicted octanol–water partition coefficient (Wildman–Crippen LogP) is 0.596. The number of hydrogen-bond acceptors (Lipinski definition) is 10. The van der Waals surface area contributed by atoms with E-state index >= 15 is 0 Å². The SMILES string of the molecule is CN(C)[C@@H]1C(=O)C(C(N)=O)=C(O)C2(O)C(=O)C3=C(O)c4c(ccc(NC(=O)C(Br)CS)c4O)CC3CC12. The number of primary amides is 1. The van der Waals surface area contributed by atoms with E-state index in [2.05, 4.69) is 33.9 Å². The molecule has 3 aliphatic carbocycles. The first-order valence-electron chi connectivity index (χ1n) is 11.3. The number of phenols is 1. The molecule has 1 aromatic rings. The van der Waals surface area contributed by atoms with Gasteiger partial charge >= 0.3 is 0 Å². The molecule has 3 aliphatic rings. The van der Waals surface area contributed by atoms with E-state index in [9.17, 15) is 39.6 Å². The molecule has 0 aromatic heterocycles. The Kier molecular flexibility index (Phi) is 6.95. The number of hydrogen-bond donors (Lipinski definition) is 7. The summed E-state index contributed by atoms with van der Waals surface area (Å²) in [5, 5.41) is 47.1. The quantitative estimate of drug-likeness (QED) is 0.110. The van der Waals surface area contributed by atoms with Gasteiger partial charge in [0.05, 0.1) is 17.3 Å². The van der Waals surface area contributed by atoms with Crippen molar-refractivity contribution in [3.8, 4) is 5.75 Å². The minimum Gasteiger partial charge on any atom is -0.508 e. The zero-order valence-corrected chi connectivity index (χ0v) is 22.3. The molecule has 0 bridgehead atoms. The number of carbonyl (C=O) groups is 4. The first kappa shape index (κ1) is 27.2. The molecule has 4 rings (SSSR count). The van der Waals surface area contributed by atoms with Crippen LogP contribution < -0.4 is 11.1 Å². The second-order valence-electron chi connectivity index (χ2n) is 9.60. The summed E-state index contributed by atoms with van der Waals surface area (Å²) in [6, 6.07) is 1.90. The average Bonchev–Trinajstić information content (AvgIpc) is 2.82. The van der Waals surface area contributed by atoms with Crippen molar-refractivity contribution in [3.63, 3.8) is 0 Å². The number of anilines is 1. The molecule has 1 aromatic carbocycles.